The van der Waals surface area contributed by atoms with E-state index >= 15 is 0 Å². The van der Waals surface area contributed by atoms with E-state index in [1.165, 1.54) is 5.56 Å². The van der Waals surface area contributed by atoms with Crippen molar-refractivity contribution in [1.29, 1.82) is 0 Å². The van der Waals surface area contributed by atoms with Crippen LogP contribution in [-0.2, 0) is 11.2 Å². The van der Waals surface area contributed by atoms with E-state index in [0.717, 1.165) is 29.2 Å². The molecule has 1 aromatic heterocycles. The highest BCUT2D eigenvalue weighted by molar-refractivity contribution is 5.91. The van der Waals surface area contributed by atoms with Crippen LogP contribution < -0.4 is 4.74 Å². The number of hydrogen-bond donors (Lipinski definition) is 1. The third-order valence-corrected chi connectivity index (χ3v) is 3.06. The van der Waals surface area contributed by atoms with Gasteiger partial charge in [0.05, 0.1) is 6.61 Å². The van der Waals surface area contributed by atoms with Crippen molar-refractivity contribution in [3.63, 3.8) is 0 Å². The fraction of sp³-hybridized carbons (Fsp3) is 0.214. The van der Waals surface area contributed by atoms with Gasteiger partial charge in [-0.05, 0) is 30.2 Å². The Morgan fingerprint density at radius 2 is 2.22 bits per heavy atom. The fourth-order valence-corrected chi connectivity index (χ4v) is 2.17. The predicted molar refractivity (Wildman–Crippen MR) is 66.7 cm³/mol. The Morgan fingerprint density at radius 1 is 1.39 bits per heavy atom. The summed E-state index contributed by atoms with van der Waals surface area (Å²) in [6.07, 6.45) is 2.05. The molecule has 0 bridgehead atoms. The SMILES string of the molecule is C/C(=C\C(=O)O)c1cc2cc3c(cc2o1)OCC3. The third kappa shape index (κ3) is 1.76. The molecule has 18 heavy (non-hydrogen) atoms. The molecule has 0 saturated heterocycles. The Balaban J connectivity index is 2.09. The van der Waals surface area contributed by atoms with Gasteiger partial charge in [0.15, 0.2) is 0 Å². The molecule has 2 heterocycles. The highest BCUT2D eigenvalue weighted by atomic mass is 16.5. The molecule has 3 rings (SSSR count). The van der Waals surface area contributed by atoms with Crippen LogP contribution in [0.25, 0.3) is 16.5 Å². The van der Waals surface area contributed by atoms with Crippen molar-refractivity contribution >= 4 is 22.5 Å². The zero-order chi connectivity index (χ0) is 12.7. The van der Waals surface area contributed by atoms with Crippen molar-refractivity contribution in [3.8, 4) is 5.75 Å². The fourth-order valence-electron chi connectivity index (χ4n) is 2.17. The molecule has 92 valence electrons. The summed E-state index contributed by atoms with van der Waals surface area (Å²) in [4.78, 5) is 10.6. The van der Waals surface area contributed by atoms with Crippen LogP contribution >= 0.6 is 0 Å². The molecule has 1 aromatic carbocycles. The molecule has 0 atom stereocenters. The maximum atomic E-state index is 10.6. The molecule has 4 heteroatoms. The van der Waals surface area contributed by atoms with Crippen LogP contribution in [0.15, 0.2) is 28.7 Å². The largest absolute Gasteiger partial charge is 0.493 e. The first-order chi connectivity index (χ1) is 8.63. The summed E-state index contributed by atoms with van der Waals surface area (Å²) in [5.41, 5.74) is 2.50. The van der Waals surface area contributed by atoms with E-state index in [0.29, 0.717) is 17.9 Å². The number of carboxylic acid groups (broad SMARTS) is 1. The van der Waals surface area contributed by atoms with Crippen LogP contribution in [-0.4, -0.2) is 17.7 Å². The van der Waals surface area contributed by atoms with E-state index in [2.05, 4.69) is 0 Å². The summed E-state index contributed by atoms with van der Waals surface area (Å²) < 4.78 is 11.1. The monoisotopic (exact) mass is 244 g/mol. The smallest absolute Gasteiger partial charge is 0.328 e. The number of carboxylic acids is 1. The van der Waals surface area contributed by atoms with Gasteiger partial charge in [0.25, 0.3) is 0 Å². The summed E-state index contributed by atoms with van der Waals surface area (Å²) in [7, 11) is 0. The standard InChI is InChI=1S/C14H12O4/c1-8(4-14(15)16)11-6-10-5-9-2-3-17-12(9)7-13(10)18-11/h4-7H,2-3H2,1H3,(H,15,16)/b8-4+. The first-order valence-electron chi connectivity index (χ1n) is 5.74. The minimum atomic E-state index is -0.973. The van der Waals surface area contributed by atoms with Gasteiger partial charge in [0.2, 0.25) is 0 Å². The lowest BCUT2D eigenvalue weighted by Crippen LogP contribution is -1.88. The lowest BCUT2D eigenvalue weighted by molar-refractivity contribution is -0.131. The Bertz CT molecular complexity index is 623. The second-order valence-corrected chi connectivity index (χ2v) is 4.37. The van der Waals surface area contributed by atoms with Crippen molar-refractivity contribution in [1.82, 2.24) is 0 Å². The second-order valence-electron chi connectivity index (χ2n) is 4.37. The molecule has 1 aliphatic heterocycles. The van der Waals surface area contributed by atoms with E-state index in [4.69, 9.17) is 14.3 Å². The number of fused-ring (bicyclic) bond motifs is 2. The maximum Gasteiger partial charge on any atom is 0.328 e. The lowest BCUT2D eigenvalue weighted by Gasteiger charge is -1.97. The third-order valence-electron chi connectivity index (χ3n) is 3.06. The molecular formula is C14H12O4. The van der Waals surface area contributed by atoms with Crippen molar-refractivity contribution in [2.24, 2.45) is 0 Å². The minimum Gasteiger partial charge on any atom is -0.493 e. The van der Waals surface area contributed by atoms with Gasteiger partial charge in [0, 0.05) is 23.9 Å². The summed E-state index contributed by atoms with van der Waals surface area (Å²) >= 11 is 0. The Hall–Kier alpha value is -2.23. The molecule has 0 spiro atoms. The first-order valence-corrected chi connectivity index (χ1v) is 5.74. The molecular weight excluding hydrogens is 232 g/mol. The van der Waals surface area contributed by atoms with Gasteiger partial charge < -0.3 is 14.3 Å². The highest BCUT2D eigenvalue weighted by Crippen LogP contribution is 2.33. The molecule has 0 saturated carbocycles. The Labute approximate surface area is 103 Å². The van der Waals surface area contributed by atoms with Crippen LogP contribution in [0.4, 0.5) is 0 Å². The van der Waals surface area contributed by atoms with Gasteiger partial charge >= 0.3 is 5.97 Å². The topological polar surface area (TPSA) is 59.7 Å². The zero-order valence-corrected chi connectivity index (χ0v) is 9.90. The minimum absolute atomic E-state index is 0.580. The average molecular weight is 244 g/mol. The van der Waals surface area contributed by atoms with Crippen LogP contribution in [0.3, 0.4) is 0 Å². The molecule has 2 aromatic rings. The summed E-state index contributed by atoms with van der Waals surface area (Å²) in [5, 5.41) is 9.70. The lowest BCUT2D eigenvalue weighted by atomic mass is 10.1. The van der Waals surface area contributed by atoms with Crippen LogP contribution in [0.2, 0.25) is 0 Å². The Kier molecular flexibility index (Phi) is 2.37. The van der Waals surface area contributed by atoms with Crippen molar-refractivity contribution in [3.05, 3.63) is 35.6 Å². The summed E-state index contributed by atoms with van der Waals surface area (Å²) in [6, 6.07) is 5.77. The predicted octanol–water partition coefficient (Wildman–Crippen LogP) is 2.86. The summed E-state index contributed by atoms with van der Waals surface area (Å²) in [5.74, 6) is 0.470. The van der Waals surface area contributed by atoms with Crippen molar-refractivity contribution in [2.45, 2.75) is 13.3 Å². The molecule has 1 N–H and O–H groups in total. The molecule has 4 nitrogen and oxygen atoms in total. The van der Waals surface area contributed by atoms with E-state index in [9.17, 15) is 4.79 Å². The number of rotatable bonds is 2. The number of benzene rings is 1. The van der Waals surface area contributed by atoms with Gasteiger partial charge in [-0.25, -0.2) is 4.79 Å². The van der Waals surface area contributed by atoms with E-state index in [1.807, 2.05) is 18.2 Å². The normalized spacial score (nSPS) is 14.6. The van der Waals surface area contributed by atoms with Gasteiger partial charge in [-0.2, -0.15) is 0 Å². The van der Waals surface area contributed by atoms with Gasteiger partial charge in [-0.1, -0.05) is 0 Å². The van der Waals surface area contributed by atoms with E-state index in [-0.39, 0.29) is 0 Å². The van der Waals surface area contributed by atoms with Crippen LogP contribution in [0.1, 0.15) is 18.2 Å². The van der Waals surface area contributed by atoms with Crippen LogP contribution in [0, 0.1) is 0 Å². The molecule has 0 amide bonds. The Morgan fingerprint density at radius 3 is 3.00 bits per heavy atom. The average Bonchev–Trinajstić information content (AvgIpc) is 2.88. The first kappa shape index (κ1) is 10.9. The highest BCUT2D eigenvalue weighted by Gasteiger charge is 2.15. The number of furan rings is 1. The molecule has 0 fully saturated rings. The molecule has 0 radical (unpaired) electrons. The van der Waals surface area contributed by atoms with Crippen molar-refractivity contribution < 1.29 is 19.1 Å². The molecule has 0 aliphatic carbocycles. The van der Waals surface area contributed by atoms with Crippen molar-refractivity contribution in [2.75, 3.05) is 6.61 Å². The number of aliphatic carboxylic acids is 1. The summed E-state index contributed by atoms with van der Waals surface area (Å²) in [6.45, 7) is 2.43. The molecule has 0 unspecified atom stereocenters. The molecule has 1 aliphatic rings. The van der Waals surface area contributed by atoms with E-state index in [1.54, 1.807) is 6.92 Å². The quantitative estimate of drug-likeness (QED) is 0.825. The number of allylic oxidation sites excluding steroid dienone is 1. The number of hydrogen-bond acceptors (Lipinski definition) is 3. The van der Waals surface area contributed by atoms with Gasteiger partial charge in [-0.15, -0.1) is 0 Å². The van der Waals surface area contributed by atoms with Gasteiger partial charge in [-0.3, -0.25) is 0 Å². The zero-order valence-electron chi connectivity index (χ0n) is 9.90. The van der Waals surface area contributed by atoms with Crippen LogP contribution in [0.5, 0.6) is 5.75 Å². The van der Waals surface area contributed by atoms with E-state index < -0.39 is 5.97 Å². The number of carbonyl (C=O) groups is 1. The van der Waals surface area contributed by atoms with Gasteiger partial charge in [0.1, 0.15) is 17.1 Å². The second kappa shape index (κ2) is 3.91. The maximum absolute atomic E-state index is 10.6. The number of ether oxygens (including phenoxy) is 1.